The van der Waals surface area contributed by atoms with E-state index in [1.54, 1.807) is 6.08 Å². The highest BCUT2D eigenvalue weighted by molar-refractivity contribution is 6.34. The van der Waals surface area contributed by atoms with E-state index in [4.69, 9.17) is 0 Å². The van der Waals surface area contributed by atoms with Crippen molar-refractivity contribution in [2.24, 2.45) is 0 Å². The summed E-state index contributed by atoms with van der Waals surface area (Å²) < 4.78 is 39.0. The first-order valence-electron chi connectivity index (χ1n) is 8.83. The molecule has 1 aromatic carbocycles. The Hall–Kier alpha value is -2.50. The Labute approximate surface area is 149 Å². The number of rotatable bonds is 2. The van der Waals surface area contributed by atoms with Crippen LogP contribution < -0.4 is 5.32 Å². The SMILES string of the molecule is CCC1CCCc2[nH]c(C=C3C(=O)Nc4ccc(C(F)(F)F)cc43)cc21. The van der Waals surface area contributed by atoms with Crippen LogP contribution in [-0.2, 0) is 17.4 Å². The van der Waals surface area contributed by atoms with E-state index in [9.17, 15) is 18.0 Å². The maximum absolute atomic E-state index is 13.0. The minimum absolute atomic E-state index is 0.262. The lowest BCUT2D eigenvalue weighted by Gasteiger charge is -2.20. The molecule has 136 valence electrons. The standard InChI is InChI=1S/C20H19F3N2O/c1-2-11-4-3-5-17-14(11)9-13(24-17)10-16-15-8-12(20(21,22)23)6-7-18(15)25-19(16)26/h6-11,24H,2-5H2,1H3,(H,25,26). The van der Waals surface area contributed by atoms with Gasteiger partial charge in [0.2, 0.25) is 0 Å². The first kappa shape index (κ1) is 16.9. The van der Waals surface area contributed by atoms with Gasteiger partial charge in [-0.1, -0.05) is 6.92 Å². The molecule has 2 heterocycles. The third-order valence-electron chi connectivity index (χ3n) is 5.30. The lowest BCUT2D eigenvalue weighted by Crippen LogP contribution is -2.07. The molecule has 0 bridgehead atoms. The summed E-state index contributed by atoms with van der Waals surface area (Å²) >= 11 is 0. The normalized spacial score (nSPS) is 20.8. The summed E-state index contributed by atoms with van der Waals surface area (Å²) in [6.45, 7) is 2.16. The lowest BCUT2D eigenvalue weighted by molar-refractivity contribution is -0.137. The van der Waals surface area contributed by atoms with Gasteiger partial charge in [-0.3, -0.25) is 4.79 Å². The molecule has 3 nitrogen and oxygen atoms in total. The van der Waals surface area contributed by atoms with Gasteiger partial charge in [-0.25, -0.2) is 0 Å². The summed E-state index contributed by atoms with van der Waals surface area (Å²) in [5.41, 5.74) is 3.44. The third-order valence-corrected chi connectivity index (χ3v) is 5.30. The van der Waals surface area contributed by atoms with Crippen molar-refractivity contribution in [2.75, 3.05) is 5.32 Å². The summed E-state index contributed by atoms with van der Waals surface area (Å²) in [4.78, 5) is 15.6. The molecule has 1 aliphatic heterocycles. The Kier molecular flexibility index (Phi) is 3.93. The minimum Gasteiger partial charge on any atom is -0.359 e. The van der Waals surface area contributed by atoms with E-state index >= 15 is 0 Å². The van der Waals surface area contributed by atoms with Gasteiger partial charge in [0.25, 0.3) is 5.91 Å². The topological polar surface area (TPSA) is 44.9 Å². The number of nitrogens with one attached hydrogen (secondary N) is 2. The number of fused-ring (bicyclic) bond motifs is 2. The number of alkyl halides is 3. The fourth-order valence-corrected chi connectivity index (χ4v) is 3.95. The van der Waals surface area contributed by atoms with Crippen molar-refractivity contribution in [1.29, 1.82) is 0 Å². The zero-order chi connectivity index (χ0) is 18.5. The van der Waals surface area contributed by atoms with E-state index in [2.05, 4.69) is 17.2 Å². The Morgan fingerprint density at radius 2 is 2.08 bits per heavy atom. The number of aryl methyl sites for hydroxylation is 1. The van der Waals surface area contributed by atoms with Crippen molar-refractivity contribution in [3.05, 3.63) is 52.3 Å². The number of aromatic amines is 1. The monoisotopic (exact) mass is 360 g/mol. The molecule has 4 rings (SSSR count). The Balaban J connectivity index is 1.76. The molecule has 1 unspecified atom stereocenters. The highest BCUT2D eigenvalue weighted by Gasteiger charge is 2.34. The van der Waals surface area contributed by atoms with Crippen molar-refractivity contribution in [3.8, 4) is 0 Å². The molecule has 0 saturated heterocycles. The van der Waals surface area contributed by atoms with Gasteiger partial charge in [0.05, 0.1) is 11.1 Å². The predicted molar refractivity (Wildman–Crippen MR) is 94.7 cm³/mol. The molecule has 26 heavy (non-hydrogen) atoms. The smallest absolute Gasteiger partial charge is 0.359 e. The Morgan fingerprint density at radius 1 is 1.27 bits per heavy atom. The van der Waals surface area contributed by atoms with E-state index < -0.39 is 11.7 Å². The van der Waals surface area contributed by atoms with Crippen LogP contribution >= 0.6 is 0 Å². The number of amides is 1. The van der Waals surface area contributed by atoms with Gasteiger partial charge in [0, 0.05) is 22.6 Å². The summed E-state index contributed by atoms with van der Waals surface area (Å²) in [7, 11) is 0. The summed E-state index contributed by atoms with van der Waals surface area (Å²) in [5, 5.41) is 2.64. The maximum Gasteiger partial charge on any atom is 0.416 e. The second kappa shape index (κ2) is 6.04. The van der Waals surface area contributed by atoms with Crippen LogP contribution in [0.1, 0.15) is 60.2 Å². The summed E-state index contributed by atoms with van der Waals surface area (Å²) in [6.07, 6.45) is 1.52. The fraction of sp³-hybridized carbons (Fsp3) is 0.350. The van der Waals surface area contributed by atoms with Gasteiger partial charge < -0.3 is 10.3 Å². The second-order valence-corrected chi connectivity index (χ2v) is 6.93. The molecular formula is C20H19F3N2O. The number of hydrogen-bond acceptors (Lipinski definition) is 1. The number of hydrogen-bond donors (Lipinski definition) is 2. The first-order valence-corrected chi connectivity index (χ1v) is 8.83. The molecule has 6 heteroatoms. The van der Waals surface area contributed by atoms with Gasteiger partial charge >= 0.3 is 6.18 Å². The highest BCUT2D eigenvalue weighted by atomic mass is 19.4. The largest absolute Gasteiger partial charge is 0.416 e. The molecule has 0 fully saturated rings. The van der Waals surface area contributed by atoms with Gasteiger partial charge in [0.1, 0.15) is 0 Å². The zero-order valence-electron chi connectivity index (χ0n) is 14.3. The number of carbonyl (C=O) groups excluding carboxylic acids is 1. The Bertz CT molecular complexity index is 908. The molecule has 1 aromatic heterocycles. The molecule has 1 aliphatic carbocycles. The van der Waals surface area contributed by atoms with Crippen molar-refractivity contribution in [3.63, 3.8) is 0 Å². The van der Waals surface area contributed by atoms with Crippen molar-refractivity contribution in [1.82, 2.24) is 4.98 Å². The van der Waals surface area contributed by atoms with Crippen LogP contribution in [0.5, 0.6) is 0 Å². The summed E-state index contributed by atoms with van der Waals surface area (Å²) in [5.74, 6) is 0.127. The van der Waals surface area contributed by atoms with Crippen LogP contribution in [0, 0.1) is 0 Å². The lowest BCUT2D eigenvalue weighted by atomic mass is 9.85. The number of halogens is 3. The summed E-state index contributed by atoms with van der Waals surface area (Å²) in [6, 6.07) is 5.37. The van der Waals surface area contributed by atoms with E-state index in [-0.39, 0.29) is 11.5 Å². The zero-order valence-corrected chi connectivity index (χ0v) is 14.3. The maximum atomic E-state index is 13.0. The van der Waals surface area contributed by atoms with Crippen molar-refractivity contribution < 1.29 is 18.0 Å². The van der Waals surface area contributed by atoms with Crippen LogP contribution in [0.2, 0.25) is 0 Å². The first-order chi connectivity index (χ1) is 12.4. The van der Waals surface area contributed by atoms with Crippen molar-refractivity contribution in [2.45, 2.75) is 44.7 Å². The van der Waals surface area contributed by atoms with Crippen molar-refractivity contribution >= 4 is 23.2 Å². The minimum atomic E-state index is -4.44. The third kappa shape index (κ3) is 2.83. The van der Waals surface area contributed by atoms with E-state index in [0.717, 1.165) is 43.5 Å². The van der Waals surface area contributed by atoms with Crippen LogP contribution in [0.3, 0.4) is 0 Å². The van der Waals surface area contributed by atoms with E-state index in [0.29, 0.717) is 17.2 Å². The number of carbonyl (C=O) groups is 1. The fourth-order valence-electron chi connectivity index (χ4n) is 3.95. The quantitative estimate of drug-likeness (QED) is 0.696. The Morgan fingerprint density at radius 3 is 2.81 bits per heavy atom. The van der Waals surface area contributed by atoms with Gasteiger partial charge in [-0.05, 0) is 67.5 Å². The van der Waals surface area contributed by atoms with Crippen LogP contribution in [0.15, 0.2) is 24.3 Å². The molecular weight excluding hydrogens is 341 g/mol. The average molecular weight is 360 g/mol. The van der Waals surface area contributed by atoms with Crippen LogP contribution in [0.25, 0.3) is 11.6 Å². The highest BCUT2D eigenvalue weighted by Crippen LogP contribution is 2.39. The molecule has 2 N–H and O–H groups in total. The van der Waals surface area contributed by atoms with Gasteiger partial charge in [-0.15, -0.1) is 0 Å². The molecule has 0 radical (unpaired) electrons. The number of benzene rings is 1. The van der Waals surface area contributed by atoms with Crippen LogP contribution in [-0.4, -0.2) is 10.9 Å². The molecule has 1 amide bonds. The number of anilines is 1. The van der Waals surface area contributed by atoms with Gasteiger partial charge in [0.15, 0.2) is 0 Å². The average Bonchev–Trinajstić information content (AvgIpc) is 3.14. The molecule has 0 spiro atoms. The molecule has 1 atom stereocenters. The second-order valence-electron chi connectivity index (χ2n) is 6.93. The molecule has 2 aromatic rings. The van der Waals surface area contributed by atoms with E-state index in [1.807, 2.05) is 6.07 Å². The predicted octanol–water partition coefficient (Wildman–Crippen LogP) is 5.36. The van der Waals surface area contributed by atoms with E-state index in [1.165, 1.54) is 17.3 Å². The molecule has 2 aliphatic rings. The number of H-pyrrole nitrogens is 1. The number of aromatic nitrogens is 1. The van der Waals surface area contributed by atoms with Gasteiger partial charge in [-0.2, -0.15) is 13.2 Å². The van der Waals surface area contributed by atoms with Crippen LogP contribution in [0.4, 0.5) is 18.9 Å². The molecule has 0 saturated carbocycles.